The third-order valence-electron chi connectivity index (χ3n) is 5.26. The average molecular weight is 389 g/mol. The van der Waals surface area contributed by atoms with Gasteiger partial charge in [-0.2, -0.15) is 0 Å². The molecule has 1 atom stereocenters. The average Bonchev–Trinajstić information content (AvgIpc) is 2.80. The third-order valence-corrected chi connectivity index (χ3v) is 5.26. The van der Waals surface area contributed by atoms with Gasteiger partial charge in [0.2, 0.25) is 5.88 Å². The molecule has 1 fully saturated rings. The van der Waals surface area contributed by atoms with Gasteiger partial charge in [-0.15, -0.1) is 0 Å². The van der Waals surface area contributed by atoms with E-state index in [2.05, 4.69) is 9.97 Å². The summed E-state index contributed by atoms with van der Waals surface area (Å²) in [6.45, 7) is 1.26. The predicted octanol–water partition coefficient (Wildman–Crippen LogP) is 3.85. The van der Waals surface area contributed by atoms with E-state index >= 15 is 0 Å². The number of nitrogens with zero attached hydrogens (tertiary/aromatic N) is 3. The minimum atomic E-state index is -0.489. The quantitative estimate of drug-likeness (QED) is 0.717. The van der Waals surface area contributed by atoms with E-state index in [4.69, 9.17) is 4.74 Å². The first kappa shape index (κ1) is 19.1. The van der Waals surface area contributed by atoms with Crippen molar-refractivity contribution in [3.05, 3.63) is 84.3 Å². The summed E-state index contributed by atoms with van der Waals surface area (Å²) in [5, 5.41) is 10.6. The molecule has 0 bridgehead atoms. The van der Waals surface area contributed by atoms with Crippen LogP contribution < -0.4 is 4.74 Å². The minimum Gasteiger partial charge on any atom is -0.437 e. The van der Waals surface area contributed by atoms with E-state index < -0.39 is 6.10 Å². The van der Waals surface area contributed by atoms with Crippen LogP contribution in [0.25, 0.3) is 0 Å². The molecule has 0 unspecified atom stereocenters. The van der Waals surface area contributed by atoms with Gasteiger partial charge in [-0.1, -0.05) is 36.4 Å². The molecule has 29 heavy (non-hydrogen) atoms. The molecule has 2 aromatic carbocycles. The standard InChI is InChI=1S/C23H23N3O3/c27-22(17-5-2-1-3-6-17)18-9-13-26(14-10-18)23(28)19-7-4-8-20(15-19)29-21-16-24-11-12-25-21/h1-8,11-12,15-16,18,22,27H,9-10,13-14H2/t22-/m1/s1. The Morgan fingerprint density at radius 1 is 1.07 bits per heavy atom. The molecule has 2 heterocycles. The van der Waals surface area contributed by atoms with Gasteiger partial charge < -0.3 is 14.7 Å². The van der Waals surface area contributed by atoms with Crippen LogP contribution >= 0.6 is 0 Å². The number of hydrogen-bond acceptors (Lipinski definition) is 5. The highest BCUT2D eigenvalue weighted by molar-refractivity contribution is 5.94. The van der Waals surface area contributed by atoms with Crippen LogP contribution in [0.5, 0.6) is 11.6 Å². The zero-order valence-electron chi connectivity index (χ0n) is 16.0. The first-order chi connectivity index (χ1) is 14.2. The zero-order valence-corrected chi connectivity index (χ0v) is 16.0. The fourth-order valence-corrected chi connectivity index (χ4v) is 3.67. The molecule has 0 aliphatic carbocycles. The lowest BCUT2D eigenvalue weighted by molar-refractivity contribution is 0.0462. The number of rotatable bonds is 5. The second-order valence-corrected chi connectivity index (χ2v) is 7.16. The Labute approximate surface area is 169 Å². The van der Waals surface area contributed by atoms with Crippen molar-refractivity contribution in [1.82, 2.24) is 14.9 Å². The lowest BCUT2D eigenvalue weighted by Gasteiger charge is -2.34. The molecule has 1 aromatic heterocycles. The van der Waals surface area contributed by atoms with Crippen LogP contribution in [0, 0.1) is 5.92 Å². The molecule has 148 valence electrons. The fourth-order valence-electron chi connectivity index (χ4n) is 3.67. The number of ether oxygens (including phenoxy) is 1. The largest absolute Gasteiger partial charge is 0.437 e. The molecule has 1 aliphatic rings. The fraction of sp³-hybridized carbons (Fsp3) is 0.261. The van der Waals surface area contributed by atoms with Gasteiger partial charge in [0.15, 0.2) is 0 Å². The Bertz CT molecular complexity index is 942. The van der Waals surface area contributed by atoms with Crippen molar-refractivity contribution in [3.8, 4) is 11.6 Å². The number of piperidine rings is 1. The van der Waals surface area contributed by atoms with Gasteiger partial charge in [-0.3, -0.25) is 9.78 Å². The molecule has 1 N–H and O–H groups in total. The highest BCUT2D eigenvalue weighted by Crippen LogP contribution is 2.31. The van der Waals surface area contributed by atoms with Gasteiger partial charge >= 0.3 is 0 Å². The number of hydrogen-bond donors (Lipinski definition) is 1. The maximum absolute atomic E-state index is 12.9. The maximum atomic E-state index is 12.9. The number of aliphatic hydroxyl groups excluding tert-OH is 1. The number of carbonyl (C=O) groups is 1. The molecule has 6 heteroatoms. The lowest BCUT2D eigenvalue weighted by Crippen LogP contribution is -2.39. The summed E-state index contributed by atoms with van der Waals surface area (Å²) < 4.78 is 5.68. The molecule has 6 nitrogen and oxygen atoms in total. The number of aromatic nitrogens is 2. The summed E-state index contributed by atoms with van der Waals surface area (Å²) in [5.41, 5.74) is 1.51. The number of benzene rings is 2. The molecular weight excluding hydrogens is 366 g/mol. The Kier molecular flexibility index (Phi) is 5.81. The molecule has 3 aromatic rings. The summed E-state index contributed by atoms with van der Waals surface area (Å²) >= 11 is 0. The van der Waals surface area contributed by atoms with E-state index in [-0.39, 0.29) is 11.8 Å². The molecule has 1 amide bonds. The summed E-state index contributed by atoms with van der Waals surface area (Å²) in [5.74, 6) is 1.06. The van der Waals surface area contributed by atoms with E-state index in [0.29, 0.717) is 30.3 Å². The summed E-state index contributed by atoms with van der Waals surface area (Å²) in [7, 11) is 0. The summed E-state index contributed by atoms with van der Waals surface area (Å²) in [4.78, 5) is 22.8. The van der Waals surface area contributed by atoms with E-state index in [9.17, 15) is 9.90 Å². The third kappa shape index (κ3) is 4.60. The highest BCUT2D eigenvalue weighted by atomic mass is 16.5. The number of likely N-dealkylation sites (tertiary alicyclic amines) is 1. The monoisotopic (exact) mass is 389 g/mol. The van der Waals surface area contributed by atoms with Crippen LogP contribution in [0.1, 0.15) is 34.9 Å². The molecule has 0 saturated carbocycles. The summed E-state index contributed by atoms with van der Waals surface area (Å²) in [6.07, 6.45) is 5.72. The SMILES string of the molecule is O=C(c1cccc(Oc2cnccn2)c1)N1CCC([C@H](O)c2ccccc2)CC1. The maximum Gasteiger partial charge on any atom is 0.253 e. The highest BCUT2D eigenvalue weighted by Gasteiger charge is 2.28. The predicted molar refractivity (Wildman–Crippen MR) is 109 cm³/mol. The zero-order chi connectivity index (χ0) is 20.1. The number of carbonyl (C=O) groups excluding carboxylic acids is 1. The second kappa shape index (κ2) is 8.84. The van der Waals surface area contributed by atoms with Crippen molar-refractivity contribution in [2.24, 2.45) is 5.92 Å². The Morgan fingerprint density at radius 2 is 1.86 bits per heavy atom. The van der Waals surface area contributed by atoms with Gasteiger partial charge in [0, 0.05) is 31.0 Å². The normalized spacial score (nSPS) is 15.7. The first-order valence-electron chi connectivity index (χ1n) is 9.77. The number of amides is 1. The molecular formula is C23H23N3O3. The van der Waals surface area contributed by atoms with E-state index in [0.717, 1.165) is 18.4 Å². The van der Waals surface area contributed by atoms with E-state index in [1.807, 2.05) is 35.2 Å². The van der Waals surface area contributed by atoms with Gasteiger partial charge in [0.05, 0.1) is 12.3 Å². The smallest absolute Gasteiger partial charge is 0.253 e. The van der Waals surface area contributed by atoms with Gasteiger partial charge in [-0.05, 0) is 42.5 Å². The Hall–Kier alpha value is -3.25. The molecule has 4 rings (SSSR count). The molecule has 1 saturated heterocycles. The van der Waals surface area contributed by atoms with Crippen molar-refractivity contribution >= 4 is 5.91 Å². The molecule has 0 radical (unpaired) electrons. The van der Waals surface area contributed by atoms with Crippen LogP contribution in [0.15, 0.2) is 73.2 Å². The van der Waals surface area contributed by atoms with Gasteiger partial charge in [0.25, 0.3) is 5.91 Å². The van der Waals surface area contributed by atoms with Crippen molar-refractivity contribution in [1.29, 1.82) is 0 Å². The lowest BCUT2D eigenvalue weighted by atomic mass is 9.87. The van der Waals surface area contributed by atoms with Crippen molar-refractivity contribution in [2.45, 2.75) is 18.9 Å². The van der Waals surface area contributed by atoms with Crippen molar-refractivity contribution < 1.29 is 14.6 Å². The van der Waals surface area contributed by atoms with Crippen LogP contribution in [-0.2, 0) is 0 Å². The van der Waals surface area contributed by atoms with Crippen LogP contribution in [-0.4, -0.2) is 39.0 Å². The molecule has 1 aliphatic heterocycles. The Morgan fingerprint density at radius 3 is 2.59 bits per heavy atom. The Balaban J connectivity index is 1.38. The van der Waals surface area contributed by atoms with Crippen LogP contribution in [0.2, 0.25) is 0 Å². The topological polar surface area (TPSA) is 75.5 Å². The van der Waals surface area contributed by atoms with Gasteiger partial charge in [0.1, 0.15) is 5.75 Å². The van der Waals surface area contributed by atoms with Gasteiger partial charge in [-0.25, -0.2) is 4.98 Å². The van der Waals surface area contributed by atoms with Crippen LogP contribution in [0.3, 0.4) is 0 Å². The molecule has 0 spiro atoms. The minimum absolute atomic E-state index is 0.0257. The van der Waals surface area contributed by atoms with Crippen LogP contribution in [0.4, 0.5) is 0 Å². The van der Waals surface area contributed by atoms with Crippen molar-refractivity contribution in [2.75, 3.05) is 13.1 Å². The summed E-state index contributed by atoms with van der Waals surface area (Å²) in [6, 6.07) is 16.8. The first-order valence-corrected chi connectivity index (χ1v) is 9.77. The second-order valence-electron chi connectivity index (χ2n) is 7.16. The number of aliphatic hydroxyl groups is 1. The van der Waals surface area contributed by atoms with Crippen molar-refractivity contribution in [3.63, 3.8) is 0 Å². The van der Waals surface area contributed by atoms with E-state index in [1.165, 1.54) is 6.20 Å². The van der Waals surface area contributed by atoms with E-state index in [1.54, 1.807) is 36.7 Å².